The first kappa shape index (κ1) is 11.4. The van der Waals surface area contributed by atoms with Gasteiger partial charge in [-0.05, 0) is 18.2 Å². The van der Waals surface area contributed by atoms with Crippen molar-refractivity contribution in [2.24, 2.45) is 0 Å². The molecule has 0 saturated carbocycles. The molecule has 0 radical (unpaired) electrons. The molecular weight excluding hydrogens is 223 g/mol. The Hall–Kier alpha value is -0.700. The minimum atomic E-state index is 0.146. The second-order valence-electron chi connectivity index (χ2n) is 2.50. The summed E-state index contributed by atoms with van der Waals surface area (Å²) < 4.78 is 10.3. The maximum Gasteiger partial charge on any atom is 0.189 e. The van der Waals surface area contributed by atoms with Crippen molar-refractivity contribution in [2.75, 3.05) is 13.4 Å². The first-order chi connectivity index (χ1) is 6.74. The molecule has 0 N–H and O–H groups in total. The Morgan fingerprint density at radius 2 is 2.14 bits per heavy atom. The van der Waals surface area contributed by atoms with Crippen molar-refractivity contribution in [3.63, 3.8) is 0 Å². The Labute approximate surface area is 93.0 Å². The zero-order valence-corrected chi connectivity index (χ0v) is 9.02. The Kier molecular flexibility index (Phi) is 4.80. The molecule has 0 aliphatic carbocycles. The van der Waals surface area contributed by atoms with Crippen LogP contribution < -0.4 is 4.74 Å². The van der Waals surface area contributed by atoms with E-state index in [2.05, 4.69) is 6.58 Å². The molecule has 1 aromatic rings. The van der Waals surface area contributed by atoms with Crippen LogP contribution >= 0.6 is 23.2 Å². The van der Waals surface area contributed by atoms with Gasteiger partial charge in [-0.15, -0.1) is 6.58 Å². The van der Waals surface area contributed by atoms with Gasteiger partial charge in [-0.3, -0.25) is 0 Å². The molecule has 0 atom stereocenters. The van der Waals surface area contributed by atoms with Crippen LogP contribution in [0.5, 0.6) is 5.75 Å². The van der Waals surface area contributed by atoms with E-state index in [9.17, 15) is 0 Å². The molecule has 0 aliphatic heterocycles. The van der Waals surface area contributed by atoms with E-state index < -0.39 is 0 Å². The van der Waals surface area contributed by atoms with Crippen molar-refractivity contribution < 1.29 is 9.47 Å². The zero-order chi connectivity index (χ0) is 10.4. The fourth-order valence-electron chi connectivity index (χ4n) is 0.829. The summed E-state index contributed by atoms with van der Waals surface area (Å²) in [5.41, 5.74) is 0. The molecule has 0 amide bonds. The lowest BCUT2D eigenvalue weighted by Gasteiger charge is -2.07. The van der Waals surface area contributed by atoms with Gasteiger partial charge in [-0.1, -0.05) is 29.3 Å². The van der Waals surface area contributed by atoms with Crippen molar-refractivity contribution in [1.29, 1.82) is 0 Å². The molecule has 0 fully saturated rings. The van der Waals surface area contributed by atoms with Crippen molar-refractivity contribution in [1.82, 2.24) is 0 Å². The van der Waals surface area contributed by atoms with Gasteiger partial charge >= 0.3 is 0 Å². The normalized spacial score (nSPS) is 9.86. The molecule has 1 rings (SSSR count). The van der Waals surface area contributed by atoms with Crippen molar-refractivity contribution >= 4 is 23.2 Å². The number of hydrogen-bond acceptors (Lipinski definition) is 2. The van der Waals surface area contributed by atoms with Gasteiger partial charge in [0.15, 0.2) is 6.79 Å². The van der Waals surface area contributed by atoms with Crippen LogP contribution in [0.25, 0.3) is 0 Å². The van der Waals surface area contributed by atoms with Gasteiger partial charge in [0.1, 0.15) is 5.75 Å². The number of halogens is 2. The van der Waals surface area contributed by atoms with Gasteiger partial charge in [0.25, 0.3) is 0 Å². The minimum absolute atomic E-state index is 0.146. The summed E-state index contributed by atoms with van der Waals surface area (Å²) >= 11 is 11.6. The summed E-state index contributed by atoms with van der Waals surface area (Å²) in [6, 6.07) is 5.02. The van der Waals surface area contributed by atoms with Gasteiger partial charge in [0.05, 0.1) is 11.6 Å². The molecule has 0 unspecified atom stereocenters. The summed E-state index contributed by atoms with van der Waals surface area (Å²) in [4.78, 5) is 0. The Balaban J connectivity index is 2.46. The fraction of sp³-hybridized carbons (Fsp3) is 0.200. The predicted octanol–water partition coefficient (Wildman–Crippen LogP) is 3.53. The first-order valence-corrected chi connectivity index (χ1v) is 4.76. The highest BCUT2D eigenvalue weighted by Crippen LogP contribution is 2.27. The van der Waals surface area contributed by atoms with E-state index in [-0.39, 0.29) is 6.79 Å². The first-order valence-electron chi connectivity index (χ1n) is 4.00. The molecule has 4 heteroatoms. The molecule has 76 valence electrons. The zero-order valence-electron chi connectivity index (χ0n) is 7.50. The number of hydrogen-bond donors (Lipinski definition) is 0. The monoisotopic (exact) mass is 232 g/mol. The van der Waals surface area contributed by atoms with Gasteiger partial charge < -0.3 is 9.47 Å². The van der Waals surface area contributed by atoms with Gasteiger partial charge in [0, 0.05) is 5.02 Å². The van der Waals surface area contributed by atoms with Crippen LogP contribution in [0.1, 0.15) is 0 Å². The predicted molar refractivity (Wildman–Crippen MR) is 58.1 cm³/mol. The Morgan fingerprint density at radius 3 is 2.79 bits per heavy atom. The molecule has 14 heavy (non-hydrogen) atoms. The fourth-order valence-corrected chi connectivity index (χ4v) is 1.29. The van der Waals surface area contributed by atoms with Crippen LogP contribution in [-0.4, -0.2) is 13.4 Å². The van der Waals surface area contributed by atoms with E-state index in [0.29, 0.717) is 22.4 Å². The molecule has 0 spiro atoms. The van der Waals surface area contributed by atoms with E-state index in [0.717, 1.165) is 0 Å². The summed E-state index contributed by atoms with van der Waals surface area (Å²) in [5, 5.41) is 1.05. The molecule has 0 aliphatic rings. The van der Waals surface area contributed by atoms with Gasteiger partial charge in [0.2, 0.25) is 0 Å². The quantitative estimate of drug-likeness (QED) is 0.440. The maximum atomic E-state index is 5.86. The average molecular weight is 233 g/mol. The Morgan fingerprint density at radius 1 is 1.36 bits per heavy atom. The molecule has 1 aromatic carbocycles. The third-order valence-corrected chi connectivity index (χ3v) is 1.96. The van der Waals surface area contributed by atoms with Crippen molar-refractivity contribution in [3.8, 4) is 5.75 Å². The highest BCUT2D eigenvalue weighted by molar-refractivity contribution is 6.35. The average Bonchev–Trinajstić information content (AvgIpc) is 2.15. The maximum absolute atomic E-state index is 5.86. The molecule has 0 saturated heterocycles. The van der Waals surface area contributed by atoms with E-state index in [1.807, 2.05) is 0 Å². The molecule has 0 bridgehead atoms. The summed E-state index contributed by atoms with van der Waals surface area (Å²) in [7, 11) is 0. The molecule has 0 heterocycles. The highest BCUT2D eigenvalue weighted by Gasteiger charge is 2.01. The number of benzene rings is 1. The second-order valence-corrected chi connectivity index (χ2v) is 3.34. The summed E-state index contributed by atoms with van der Waals surface area (Å²) in [6.45, 7) is 4.11. The van der Waals surface area contributed by atoms with Crippen LogP contribution in [-0.2, 0) is 4.74 Å². The third-order valence-electron chi connectivity index (χ3n) is 1.43. The van der Waals surface area contributed by atoms with E-state index in [1.54, 1.807) is 24.3 Å². The lowest BCUT2D eigenvalue weighted by atomic mass is 10.3. The van der Waals surface area contributed by atoms with Crippen LogP contribution in [0.15, 0.2) is 30.9 Å². The SMILES string of the molecule is C=CCOCOc1ccc(Cl)cc1Cl. The topological polar surface area (TPSA) is 18.5 Å². The third kappa shape index (κ3) is 3.58. The summed E-state index contributed by atoms with van der Waals surface area (Å²) in [5.74, 6) is 0.556. The lowest BCUT2D eigenvalue weighted by Crippen LogP contribution is -2.02. The van der Waals surface area contributed by atoms with E-state index in [1.165, 1.54) is 0 Å². The second kappa shape index (κ2) is 5.91. The standard InChI is InChI=1S/C10H10Cl2O2/c1-2-5-13-7-14-10-4-3-8(11)6-9(10)12/h2-4,6H,1,5,7H2. The largest absolute Gasteiger partial charge is 0.466 e. The number of rotatable bonds is 5. The van der Waals surface area contributed by atoms with Crippen molar-refractivity contribution in [3.05, 3.63) is 40.9 Å². The smallest absolute Gasteiger partial charge is 0.189 e. The van der Waals surface area contributed by atoms with Gasteiger partial charge in [-0.2, -0.15) is 0 Å². The van der Waals surface area contributed by atoms with Crippen LogP contribution in [0, 0.1) is 0 Å². The molecule has 0 aromatic heterocycles. The van der Waals surface area contributed by atoms with E-state index in [4.69, 9.17) is 32.7 Å². The van der Waals surface area contributed by atoms with Crippen LogP contribution in [0.3, 0.4) is 0 Å². The minimum Gasteiger partial charge on any atom is -0.466 e. The van der Waals surface area contributed by atoms with Crippen LogP contribution in [0.2, 0.25) is 10.0 Å². The Bertz CT molecular complexity index is 313. The lowest BCUT2D eigenvalue weighted by molar-refractivity contribution is 0.0308. The van der Waals surface area contributed by atoms with Gasteiger partial charge in [-0.25, -0.2) is 0 Å². The van der Waals surface area contributed by atoms with E-state index >= 15 is 0 Å². The summed E-state index contributed by atoms with van der Waals surface area (Å²) in [6.07, 6.45) is 1.65. The molecule has 2 nitrogen and oxygen atoms in total. The number of ether oxygens (including phenoxy) is 2. The van der Waals surface area contributed by atoms with Crippen LogP contribution in [0.4, 0.5) is 0 Å². The van der Waals surface area contributed by atoms with Crippen molar-refractivity contribution in [2.45, 2.75) is 0 Å². The highest BCUT2D eigenvalue weighted by atomic mass is 35.5. The molecular formula is C10H10Cl2O2.